The number of thiophene rings is 1. The van der Waals surface area contributed by atoms with Gasteiger partial charge in [-0.2, -0.15) is 0 Å². The van der Waals surface area contributed by atoms with E-state index in [0.717, 1.165) is 16.0 Å². The molecule has 5 heteroatoms. The third-order valence-corrected chi connectivity index (χ3v) is 4.31. The Hall–Kier alpha value is -1.52. The van der Waals surface area contributed by atoms with E-state index in [2.05, 4.69) is 0 Å². The van der Waals surface area contributed by atoms with Gasteiger partial charge in [-0.3, -0.25) is 0 Å². The molecule has 2 rings (SSSR count). The van der Waals surface area contributed by atoms with E-state index < -0.39 is 0 Å². The van der Waals surface area contributed by atoms with E-state index in [9.17, 15) is 4.79 Å². The number of esters is 1. The molecule has 0 aliphatic heterocycles. The first kappa shape index (κ1) is 13.9. The number of benzene rings is 1. The van der Waals surface area contributed by atoms with Crippen molar-refractivity contribution < 1.29 is 9.53 Å². The molecule has 0 amide bonds. The van der Waals surface area contributed by atoms with Crippen molar-refractivity contribution in [1.29, 1.82) is 0 Å². The fourth-order valence-corrected chi connectivity index (χ4v) is 3.09. The molecular formula is C14H14ClNO2S. The Morgan fingerprint density at radius 1 is 1.47 bits per heavy atom. The predicted octanol–water partition coefficient (Wildman–Crippen LogP) is 4.14. The molecule has 0 aliphatic rings. The van der Waals surface area contributed by atoms with Crippen LogP contribution in [0.5, 0.6) is 0 Å². The van der Waals surface area contributed by atoms with Crippen molar-refractivity contribution in [3.05, 3.63) is 39.7 Å². The van der Waals surface area contributed by atoms with Crippen LogP contribution in [0.25, 0.3) is 10.4 Å². The monoisotopic (exact) mass is 295 g/mol. The van der Waals surface area contributed by atoms with E-state index >= 15 is 0 Å². The number of hydrogen-bond acceptors (Lipinski definition) is 4. The zero-order valence-corrected chi connectivity index (χ0v) is 12.3. The van der Waals surface area contributed by atoms with Crippen molar-refractivity contribution in [2.24, 2.45) is 0 Å². The van der Waals surface area contributed by atoms with Crippen LogP contribution >= 0.6 is 22.9 Å². The normalized spacial score (nSPS) is 10.5. The van der Waals surface area contributed by atoms with Crippen molar-refractivity contribution in [1.82, 2.24) is 0 Å². The van der Waals surface area contributed by atoms with Gasteiger partial charge in [0.15, 0.2) is 0 Å². The Labute approximate surface area is 121 Å². The summed E-state index contributed by atoms with van der Waals surface area (Å²) in [7, 11) is 0. The number of carbonyl (C=O) groups is 1. The van der Waals surface area contributed by atoms with Crippen molar-refractivity contribution in [2.75, 3.05) is 12.3 Å². The second-order valence-corrected chi connectivity index (χ2v) is 5.49. The summed E-state index contributed by atoms with van der Waals surface area (Å²) in [5.41, 5.74) is 8.31. The first-order valence-corrected chi connectivity index (χ1v) is 7.06. The number of halogens is 1. The minimum Gasteiger partial charge on any atom is -0.462 e. The maximum Gasteiger partial charge on any atom is 0.350 e. The average molecular weight is 296 g/mol. The average Bonchev–Trinajstić information content (AvgIpc) is 2.67. The molecule has 0 saturated heterocycles. The number of nitrogen functional groups attached to an aromatic ring is 1. The van der Waals surface area contributed by atoms with Gasteiger partial charge in [0.1, 0.15) is 4.88 Å². The molecule has 0 spiro atoms. The molecule has 0 saturated carbocycles. The van der Waals surface area contributed by atoms with Crippen molar-refractivity contribution in [3.8, 4) is 10.4 Å². The molecule has 3 nitrogen and oxygen atoms in total. The van der Waals surface area contributed by atoms with E-state index in [1.807, 2.05) is 31.2 Å². The lowest BCUT2D eigenvalue weighted by atomic mass is 10.1. The zero-order chi connectivity index (χ0) is 14.0. The summed E-state index contributed by atoms with van der Waals surface area (Å²) in [5, 5.41) is 0.654. The van der Waals surface area contributed by atoms with Crippen LogP contribution in [0.3, 0.4) is 0 Å². The Bertz CT molecular complexity index is 622. The number of carbonyl (C=O) groups excluding carboxylic acids is 1. The van der Waals surface area contributed by atoms with Gasteiger partial charge in [-0.1, -0.05) is 23.7 Å². The third kappa shape index (κ3) is 2.74. The zero-order valence-electron chi connectivity index (χ0n) is 10.7. The molecular weight excluding hydrogens is 282 g/mol. The van der Waals surface area contributed by atoms with Gasteiger partial charge < -0.3 is 10.5 Å². The van der Waals surface area contributed by atoms with E-state index in [4.69, 9.17) is 22.1 Å². The fraction of sp³-hybridized carbons (Fsp3) is 0.214. The molecule has 0 bridgehead atoms. The summed E-state index contributed by atoms with van der Waals surface area (Å²) in [6, 6.07) is 7.48. The van der Waals surface area contributed by atoms with Crippen molar-refractivity contribution in [2.45, 2.75) is 13.8 Å². The summed E-state index contributed by atoms with van der Waals surface area (Å²) in [6.45, 7) is 4.00. The van der Waals surface area contributed by atoms with Crippen LogP contribution in [0.2, 0.25) is 5.02 Å². The first-order chi connectivity index (χ1) is 9.04. The molecule has 1 heterocycles. The molecule has 19 heavy (non-hydrogen) atoms. The molecule has 0 unspecified atom stereocenters. The van der Waals surface area contributed by atoms with Crippen LogP contribution in [0.15, 0.2) is 24.3 Å². The molecule has 100 valence electrons. The summed E-state index contributed by atoms with van der Waals surface area (Å²) >= 11 is 7.33. The molecule has 1 aromatic heterocycles. The first-order valence-electron chi connectivity index (χ1n) is 5.86. The van der Waals surface area contributed by atoms with E-state index in [1.54, 1.807) is 6.92 Å². The van der Waals surface area contributed by atoms with Gasteiger partial charge in [-0.05, 0) is 37.1 Å². The van der Waals surface area contributed by atoms with Crippen LogP contribution in [-0.2, 0) is 4.74 Å². The van der Waals surface area contributed by atoms with E-state index in [-0.39, 0.29) is 5.97 Å². The van der Waals surface area contributed by atoms with E-state index in [1.165, 1.54) is 11.3 Å². The number of anilines is 1. The topological polar surface area (TPSA) is 52.3 Å². The maximum absolute atomic E-state index is 11.8. The Morgan fingerprint density at radius 3 is 2.84 bits per heavy atom. The van der Waals surface area contributed by atoms with Gasteiger partial charge in [0.05, 0.1) is 12.3 Å². The lowest BCUT2D eigenvalue weighted by Crippen LogP contribution is -2.05. The fourth-order valence-electron chi connectivity index (χ4n) is 1.78. The highest BCUT2D eigenvalue weighted by molar-refractivity contribution is 7.18. The Kier molecular flexibility index (Phi) is 4.12. The van der Waals surface area contributed by atoms with Crippen LogP contribution in [0, 0.1) is 6.92 Å². The number of nitrogens with two attached hydrogens (primary N) is 1. The predicted molar refractivity (Wildman–Crippen MR) is 79.9 cm³/mol. The highest BCUT2D eigenvalue weighted by Crippen LogP contribution is 2.39. The number of ether oxygens (including phenoxy) is 1. The quantitative estimate of drug-likeness (QED) is 0.866. The summed E-state index contributed by atoms with van der Waals surface area (Å²) in [4.78, 5) is 13.2. The second-order valence-electron chi connectivity index (χ2n) is 4.03. The van der Waals surface area contributed by atoms with Crippen molar-refractivity contribution in [3.63, 3.8) is 0 Å². The highest BCUT2D eigenvalue weighted by Gasteiger charge is 2.20. The molecule has 0 aliphatic carbocycles. The molecule has 0 radical (unpaired) electrons. The van der Waals surface area contributed by atoms with E-state index in [0.29, 0.717) is 22.2 Å². The van der Waals surface area contributed by atoms with Crippen LogP contribution in [0.4, 0.5) is 5.69 Å². The Morgan fingerprint density at radius 2 is 2.21 bits per heavy atom. The maximum atomic E-state index is 11.8. The van der Waals surface area contributed by atoms with Gasteiger partial charge in [0, 0.05) is 9.90 Å². The summed E-state index contributed by atoms with van der Waals surface area (Å²) < 4.78 is 5.00. The lowest BCUT2D eigenvalue weighted by molar-refractivity contribution is 0.0533. The minimum atomic E-state index is -0.374. The lowest BCUT2D eigenvalue weighted by Gasteiger charge is -2.00. The van der Waals surface area contributed by atoms with Crippen molar-refractivity contribution >= 4 is 34.6 Å². The third-order valence-electron chi connectivity index (χ3n) is 2.74. The van der Waals surface area contributed by atoms with Gasteiger partial charge in [-0.25, -0.2) is 4.79 Å². The van der Waals surface area contributed by atoms with Crippen LogP contribution < -0.4 is 5.73 Å². The molecule has 2 aromatic rings. The molecule has 1 aromatic carbocycles. The van der Waals surface area contributed by atoms with Gasteiger partial charge in [0.25, 0.3) is 0 Å². The minimum absolute atomic E-state index is 0.335. The number of rotatable bonds is 3. The number of hydrogen-bond donors (Lipinski definition) is 1. The molecule has 0 fully saturated rings. The smallest absolute Gasteiger partial charge is 0.350 e. The molecule has 0 atom stereocenters. The SMILES string of the molecule is CCOC(=O)c1sc(-c2cccc(Cl)c2)c(C)c1N. The van der Waals surface area contributed by atoms with Gasteiger partial charge >= 0.3 is 5.97 Å². The standard InChI is InChI=1S/C14H14ClNO2S/c1-3-18-14(17)13-11(16)8(2)12(19-13)9-5-4-6-10(15)7-9/h4-7H,3,16H2,1-2H3. The summed E-state index contributed by atoms with van der Waals surface area (Å²) in [6.07, 6.45) is 0. The van der Waals surface area contributed by atoms with Gasteiger partial charge in [-0.15, -0.1) is 11.3 Å². The molecule has 2 N–H and O–H groups in total. The Balaban J connectivity index is 2.49. The summed E-state index contributed by atoms with van der Waals surface area (Å²) in [5.74, 6) is -0.374. The largest absolute Gasteiger partial charge is 0.462 e. The van der Waals surface area contributed by atoms with Gasteiger partial charge in [0.2, 0.25) is 0 Å². The van der Waals surface area contributed by atoms with Crippen LogP contribution in [0.1, 0.15) is 22.2 Å². The highest BCUT2D eigenvalue weighted by atomic mass is 35.5. The second kappa shape index (κ2) is 5.63. The van der Waals surface area contributed by atoms with Crippen LogP contribution in [-0.4, -0.2) is 12.6 Å².